The molecule has 0 bridgehead atoms. The summed E-state index contributed by atoms with van der Waals surface area (Å²) < 4.78 is 5.82. The highest BCUT2D eigenvalue weighted by Crippen LogP contribution is 2.34. The van der Waals surface area contributed by atoms with E-state index in [0.717, 1.165) is 36.1 Å². The normalized spacial score (nSPS) is 17.7. The standard InChI is InChI=1S/C29H24N4O6/c34-26-17-24(31(20-5-1-2-6-20)28(35)19-11-15-22(16-12-19)33(37)38)29(36)32(26)21-13-9-18(10-14-21)27-30-23-7-3-4-8-25(23)39-27/h3-4,7-16,20,24H,1-2,5-6,17H2. The van der Waals surface area contributed by atoms with Crippen LogP contribution in [0, 0.1) is 10.1 Å². The molecule has 1 atom stereocenters. The fourth-order valence-corrected chi connectivity index (χ4v) is 5.47. The molecule has 39 heavy (non-hydrogen) atoms. The molecule has 0 radical (unpaired) electrons. The molecule has 0 spiro atoms. The molecule has 10 heteroatoms. The molecule has 4 aromatic rings. The predicted octanol–water partition coefficient (Wildman–Crippen LogP) is 5.12. The van der Waals surface area contributed by atoms with Gasteiger partial charge in [0, 0.05) is 29.3 Å². The first-order valence-corrected chi connectivity index (χ1v) is 12.8. The van der Waals surface area contributed by atoms with Crippen molar-refractivity contribution in [2.24, 2.45) is 0 Å². The summed E-state index contributed by atoms with van der Waals surface area (Å²) in [4.78, 5) is 58.1. The molecule has 0 N–H and O–H groups in total. The number of carbonyl (C=O) groups excluding carboxylic acids is 3. The van der Waals surface area contributed by atoms with Crippen LogP contribution in [0.2, 0.25) is 0 Å². The van der Waals surface area contributed by atoms with Crippen LogP contribution in [0.1, 0.15) is 42.5 Å². The van der Waals surface area contributed by atoms with Gasteiger partial charge in [0.1, 0.15) is 11.6 Å². The van der Waals surface area contributed by atoms with E-state index in [-0.39, 0.29) is 29.6 Å². The smallest absolute Gasteiger partial charge is 0.269 e. The van der Waals surface area contributed by atoms with Gasteiger partial charge in [0.05, 0.1) is 17.0 Å². The van der Waals surface area contributed by atoms with Gasteiger partial charge < -0.3 is 9.32 Å². The van der Waals surface area contributed by atoms with E-state index in [1.807, 2.05) is 24.3 Å². The summed E-state index contributed by atoms with van der Waals surface area (Å²) >= 11 is 0. The van der Waals surface area contributed by atoms with Crippen molar-refractivity contribution < 1.29 is 23.7 Å². The Kier molecular flexibility index (Phi) is 6.14. The van der Waals surface area contributed by atoms with E-state index in [2.05, 4.69) is 4.98 Å². The number of carbonyl (C=O) groups is 3. The maximum atomic E-state index is 13.7. The number of aromatic nitrogens is 1. The molecule has 1 aromatic heterocycles. The number of anilines is 1. The number of para-hydroxylation sites is 2. The molecule has 1 aliphatic heterocycles. The van der Waals surface area contributed by atoms with E-state index in [1.165, 1.54) is 29.2 Å². The summed E-state index contributed by atoms with van der Waals surface area (Å²) in [5.41, 5.74) is 2.61. The zero-order valence-corrected chi connectivity index (χ0v) is 20.9. The lowest BCUT2D eigenvalue weighted by Gasteiger charge is -2.33. The van der Waals surface area contributed by atoms with Crippen molar-refractivity contribution in [3.05, 3.63) is 88.5 Å². The average molecular weight is 525 g/mol. The average Bonchev–Trinajstić information content (AvgIpc) is 3.69. The van der Waals surface area contributed by atoms with Crippen LogP contribution < -0.4 is 4.90 Å². The van der Waals surface area contributed by atoms with E-state index in [4.69, 9.17) is 4.42 Å². The second-order valence-electron chi connectivity index (χ2n) is 9.78. The topological polar surface area (TPSA) is 127 Å². The van der Waals surface area contributed by atoms with Gasteiger partial charge in [-0.2, -0.15) is 0 Å². The van der Waals surface area contributed by atoms with Crippen LogP contribution in [-0.2, 0) is 9.59 Å². The van der Waals surface area contributed by atoms with Crippen molar-refractivity contribution in [3.8, 4) is 11.5 Å². The van der Waals surface area contributed by atoms with Crippen molar-refractivity contribution in [2.75, 3.05) is 4.90 Å². The van der Waals surface area contributed by atoms with Crippen molar-refractivity contribution >= 4 is 40.2 Å². The number of benzene rings is 3. The van der Waals surface area contributed by atoms with E-state index < -0.39 is 22.8 Å². The Morgan fingerprint density at radius 2 is 1.67 bits per heavy atom. The number of hydrogen-bond donors (Lipinski definition) is 0. The molecule has 3 aromatic carbocycles. The number of amides is 3. The Bertz CT molecular complexity index is 1560. The number of rotatable bonds is 6. The van der Waals surface area contributed by atoms with Gasteiger partial charge >= 0.3 is 0 Å². The second kappa shape index (κ2) is 9.79. The van der Waals surface area contributed by atoms with Crippen molar-refractivity contribution in [3.63, 3.8) is 0 Å². The monoisotopic (exact) mass is 524 g/mol. The largest absolute Gasteiger partial charge is 0.436 e. The maximum absolute atomic E-state index is 13.7. The Hall–Kier alpha value is -4.86. The molecular formula is C29H24N4O6. The third-order valence-corrected chi connectivity index (χ3v) is 7.40. The number of hydrogen-bond acceptors (Lipinski definition) is 7. The van der Waals surface area contributed by atoms with Gasteiger partial charge in [0.25, 0.3) is 17.5 Å². The number of non-ortho nitro benzene ring substituents is 1. The third-order valence-electron chi connectivity index (χ3n) is 7.40. The molecule has 1 saturated carbocycles. The Morgan fingerprint density at radius 3 is 2.33 bits per heavy atom. The highest BCUT2D eigenvalue weighted by atomic mass is 16.6. The first-order chi connectivity index (χ1) is 18.9. The van der Waals surface area contributed by atoms with Gasteiger partial charge in [-0.25, -0.2) is 9.88 Å². The van der Waals surface area contributed by atoms with Crippen LogP contribution in [-0.4, -0.2) is 44.6 Å². The van der Waals surface area contributed by atoms with Crippen LogP contribution in [0.5, 0.6) is 0 Å². The van der Waals surface area contributed by atoms with E-state index >= 15 is 0 Å². The molecular weight excluding hydrogens is 500 g/mol. The second-order valence-corrected chi connectivity index (χ2v) is 9.78. The Balaban J connectivity index is 1.27. The number of nitro groups is 1. The molecule has 1 aliphatic carbocycles. The van der Waals surface area contributed by atoms with Crippen LogP contribution in [0.25, 0.3) is 22.6 Å². The molecule has 6 rings (SSSR count). The van der Waals surface area contributed by atoms with Crippen LogP contribution in [0.3, 0.4) is 0 Å². The summed E-state index contributed by atoms with van der Waals surface area (Å²) in [7, 11) is 0. The molecule has 1 unspecified atom stereocenters. The van der Waals surface area contributed by atoms with Crippen LogP contribution in [0.4, 0.5) is 11.4 Å². The minimum absolute atomic E-state index is 0.124. The highest BCUT2D eigenvalue weighted by Gasteiger charge is 2.47. The third kappa shape index (κ3) is 4.43. The van der Waals surface area contributed by atoms with Gasteiger partial charge in [0.2, 0.25) is 11.8 Å². The number of nitro benzene ring substituents is 1. The summed E-state index contributed by atoms with van der Waals surface area (Å²) in [6.07, 6.45) is 3.18. The van der Waals surface area contributed by atoms with Gasteiger partial charge in [-0.05, 0) is 61.4 Å². The lowest BCUT2D eigenvalue weighted by atomic mass is 10.1. The number of imide groups is 1. The van der Waals surface area contributed by atoms with E-state index in [9.17, 15) is 24.5 Å². The minimum atomic E-state index is -0.944. The minimum Gasteiger partial charge on any atom is -0.436 e. The quantitative estimate of drug-likeness (QED) is 0.195. The summed E-state index contributed by atoms with van der Waals surface area (Å²) in [6.45, 7) is 0. The highest BCUT2D eigenvalue weighted by molar-refractivity contribution is 6.23. The first kappa shape index (κ1) is 24.5. The summed E-state index contributed by atoms with van der Waals surface area (Å²) in [5.74, 6) is -0.826. The zero-order valence-electron chi connectivity index (χ0n) is 20.9. The van der Waals surface area contributed by atoms with Crippen LogP contribution >= 0.6 is 0 Å². The summed E-state index contributed by atoms with van der Waals surface area (Å²) in [5, 5.41) is 11.0. The van der Waals surface area contributed by atoms with Crippen LogP contribution in [0.15, 0.2) is 77.2 Å². The molecule has 1 saturated heterocycles. The molecule has 2 heterocycles. The van der Waals surface area contributed by atoms with Gasteiger partial charge in [-0.1, -0.05) is 25.0 Å². The summed E-state index contributed by atoms with van der Waals surface area (Å²) in [6, 6.07) is 18.4. The SMILES string of the molecule is O=C1CC(N(C(=O)c2ccc([N+](=O)[O-])cc2)C2CCCC2)C(=O)N1c1ccc(-c2nc3ccccc3o2)cc1. The van der Waals surface area contributed by atoms with E-state index in [0.29, 0.717) is 22.7 Å². The maximum Gasteiger partial charge on any atom is 0.269 e. The number of oxazole rings is 1. The predicted molar refractivity (Wildman–Crippen MR) is 142 cm³/mol. The fraction of sp³-hybridized carbons (Fsp3) is 0.241. The molecule has 2 fully saturated rings. The van der Waals surface area contributed by atoms with Crippen molar-refractivity contribution in [2.45, 2.75) is 44.2 Å². The number of fused-ring (bicyclic) bond motifs is 1. The number of nitrogens with zero attached hydrogens (tertiary/aromatic N) is 4. The fourth-order valence-electron chi connectivity index (χ4n) is 5.47. The zero-order chi connectivity index (χ0) is 27.1. The first-order valence-electron chi connectivity index (χ1n) is 12.8. The lowest BCUT2D eigenvalue weighted by Crippen LogP contribution is -2.50. The molecule has 10 nitrogen and oxygen atoms in total. The van der Waals surface area contributed by atoms with Gasteiger partial charge in [-0.3, -0.25) is 24.5 Å². The Labute approximate surface area is 223 Å². The van der Waals surface area contributed by atoms with Crippen molar-refractivity contribution in [1.82, 2.24) is 9.88 Å². The Morgan fingerprint density at radius 1 is 0.974 bits per heavy atom. The van der Waals surface area contributed by atoms with E-state index in [1.54, 1.807) is 24.3 Å². The van der Waals surface area contributed by atoms with Crippen molar-refractivity contribution in [1.29, 1.82) is 0 Å². The lowest BCUT2D eigenvalue weighted by molar-refractivity contribution is -0.384. The van der Waals surface area contributed by atoms with Gasteiger partial charge in [0.15, 0.2) is 5.58 Å². The molecule has 196 valence electrons. The molecule has 3 amide bonds. The van der Waals surface area contributed by atoms with Gasteiger partial charge in [-0.15, -0.1) is 0 Å². The molecule has 2 aliphatic rings.